The second-order valence-electron chi connectivity index (χ2n) is 9.64. The van der Waals surface area contributed by atoms with Gasteiger partial charge in [0.05, 0.1) is 17.7 Å². The number of likely N-dealkylation sites (tertiary alicyclic amines) is 1. The fourth-order valence-corrected chi connectivity index (χ4v) is 4.00. The molecule has 2 aromatic rings. The van der Waals surface area contributed by atoms with Crippen LogP contribution in [-0.2, 0) is 9.59 Å². The van der Waals surface area contributed by atoms with Crippen LogP contribution in [0.15, 0.2) is 42.5 Å². The van der Waals surface area contributed by atoms with E-state index in [1.165, 1.54) is 23.1 Å². The van der Waals surface area contributed by atoms with Gasteiger partial charge < -0.3 is 15.3 Å². The first-order chi connectivity index (χ1) is 15.0. The molecule has 1 aliphatic rings. The first kappa shape index (κ1) is 23.9. The first-order valence-corrected chi connectivity index (χ1v) is 10.8. The van der Waals surface area contributed by atoms with E-state index >= 15 is 0 Å². The van der Waals surface area contributed by atoms with Crippen LogP contribution in [0.2, 0.25) is 0 Å². The maximum Gasteiger partial charge on any atom is 0.243 e. The maximum absolute atomic E-state index is 14.0. The summed E-state index contributed by atoms with van der Waals surface area (Å²) in [5.41, 5.74) is 0.840. The van der Waals surface area contributed by atoms with E-state index in [9.17, 15) is 23.5 Å². The van der Waals surface area contributed by atoms with Crippen molar-refractivity contribution < 1.29 is 23.5 Å². The number of carbonyl (C=O) groups is 2. The van der Waals surface area contributed by atoms with Crippen molar-refractivity contribution in [3.05, 3.63) is 59.7 Å². The number of aliphatic hydroxyl groups is 1. The number of hydrogen-bond acceptors (Lipinski definition) is 3. The predicted molar refractivity (Wildman–Crippen MR) is 119 cm³/mol. The van der Waals surface area contributed by atoms with Gasteiger partial charge in [0.1, 0.15) is 17.7 Å². The molecule has 2 aromatic carbocycles. The largest absolute Gasteiger partial charge is 0.391 e. The summed E-state index contributed by atoms with van der Waals surface area (Å²) in [4.78, 5) is 27.1. The van der Waals surface area contributed by atoms with Crippen molar-refractivity contribution >= 4 is 11.8 Å². The van der Waals surface area contributed by atoms with Gasteiger partial charge >= 0.3 is 0 Å². The average molecular weight is 445 g/mol. The van der Waals surface area contributed by atoms with E-state index in [0.29, 0.717) is 5.56 Å². The Morgan fingerprint density at radius 3 is 2.28 bits per heavy atom. The lowest BCUT2D eigenvalue weighted by Gasteiger charge is -2.28. The van der Waals surface area contributed by atoms with E-state index in [2.05, 4.69) is 5.32 Å². The van der Waals surface area contributed by atoms with Gasteiger partial charge in [-0.2, -0.15) is 0 Å². The van der Waals surface area contributed by atoms with E-state index in [1.807, 2.05) is 20.8 Å². The van der Waals surface area contributed by atoms with Crippen LogP contribution in [0.5, 0.6) is 0 Å². The zero-order valence-electron chi connectivity index (χ0n) is 18.9. The Bertz CT molecular complexity index is 965. The van der Waals surface area contributed by atoms with Crippen LogP contribution in [0.25, 0.3) is 11.1 Å². The molecule has 0 bridgehead atoms. The monoisotopic (exact) mass is 444 g/mol. The second kappa shape index (κ2) is 9.36. The van der Waals surface area contributed by atoms with Crippen molar-refractivity contribution in [2.45, 2.75) is 58.7 Å². The van der Waals surface area contributed by atoms with Crippen LogP contribution < -0.4 is 5.32 Å². The summed E-state index contributed by atoms with van der Waals surface area (Å²) < 4.78 is 28.1. The fraction of sp³-hybridized carbons (Fsp3) is 0.440. The number of nitrogens with zero attached hydrogens (tertiary/aromatic N) is 1. The quantitative estimate of drug-likeness (QED) is 0.726. The molecule has 1 saturated heterocycles. The van der Waals surface area contributed by atoms with Gasteiger partial charge in [-0.15, -0.1) is 0 Å². The Kier molecular flexibility index (Phi) is 6.98. The van der Waals surface area contributed by atoms with E-state index in [-0.39, 0.29) is 48.2 Å². The smallest absolute Gasteiger partial charge is 0.243 e. The highest BCUT2D eigenvalue weighted by Gasteiger charge is 2.40. The molecule has 2 N–H and O–H groups in total. The molecule has 2 amide bonds. The molecular formula is C25H30F2N2O3. The van der Waals surface area contributed by atoms with Crippen molar-refractivity contribution in [2.24, 2.45) is 5.41 Å². The third kappa shape index (κ3) is 5.51. The van der Waals surface area contributed by atoms with Crippen LogP contribution in [-0.4, -0.2) is 40.5 Å². The Labute approximate surface area is 187 Å². The molecule has 0 aromatic heterocycles. The normalized spacial score (nSPS) is 19.7. The number of hydrogen-bond donors (Lipinski definition) is 2. The number of β-amino-alcohol motifs (C(OH)–C–C–N with tert-alkyl or cyclic N) is 1. The minimum absolute atomic E-state index is 0.0938. The summed E-state index contributed by atoms with van der Waals surface area (Å²) in [6, 6.07) is 9.24. The average Bonchev–Trinajstić information content (AvgIpc) is 3.09. The van der Waals surface area contributed by atoms with Gasteiger partial charge in [-0.25, -0.2) is 8.78 Å². The highest BCUT2D eigenvalue weighted by molar-refractivity contribution is 5.88. The highest BCUT2D eigenvalue weighted by Crippen LogP contribution is 2.28. The number of nitrogens with one attached hydrogen (secondary N) is 1. The number of amides is 2. The topological polar surface area (TPSA) is 69.6 Å². The van der Waals surface area contributed by atoms with E-state index in [0.717, 1.165) is 5.56 Å². The highest BCUT2D eigenvalue weighted by atomic mass is 19.1. The van der Waals surface area contributed by atoms with Crippen molar-refractivity contribution in [3.8, 4) is 11.1 Å². The lowest BCUT2D eigenvalue weighted by molar-refractivity contribution is -0.140. The van der Waals surface area contributed by atoms with Gasteiger partial charge in [-0.3, -0.25) is 9.59 Å². The lowest BCUT2D eigenvalue weighted by atomic mass is 9.91. The molecule has 1 unspecified atom stereocenters. The minimum Gasteiger partial charge on any atom is -0.391 e. The summed E-state index contributed by atoms with van der Waals surface area (Å²) >= 11 is 0. The molecular weight excluding hydrogens is 414 g/mol. The van der Waals surface area contributed by atoms with E-state index in [4.69, 9.17) is 0 Å². The van der Waals surface area contributed by atoms with Crippen molar-refractivity contribution in [2.75, 3.05) is 6.54 Å². The van der Waals surface area contributed by atoms with Crippen molar-refractivity contribution in [1.29, 1.82) is 0 Å². The molecule has 3 rings (SSSR count). The van der Waals surface area contributed by atoms with E-state index < -0.39 is 23.8 Å². The van der Waals surface area contributed by atoms with Crippen LogP contribution in [0.3, 0.4) is 0 Å². The fourth-order valence-electron chi connectivity index (χ4n) is 4.00. The molecule has 5 nitrogen and oxygen atoms in total. The molecule has 0 aliphatic carbocycles. The van der Waals surface area contributed by atoms with Gasteiger partial charge in [0.2, 0.25) is 11.8 Å². The molecule has 1 heterocycles. The van der Waals surface area contributed by atoms with Gasteiger partial charge in [0.15, 0.2) is 0 Å². The summed E-state index contributed by atoms with van der Waals surface area (Å²) in [6.07, 6.45) is -0.257. The molecule has 7 heteroatoms. The molecule has 1 fully saturated rings. The van der Waals surface area contributed by atoms with Crippen LogP contribution >= 0.6 is 0 Å². The molecule has 3 atom stereocenters. The molecule has 0 saturated carbocycles. The molecule has 32 heavy (non-hydrogen) atoms. The summed E-state index contributed by atoms with van der Waals surface area (Å²) in [7, 11) is 0. The van der Waals surface area contributed by atoms with Crippen LogP contribution in [0.4, 0.5) is 8.78 Å². The minimum atomic E-state index is -0.736. The summed E-state index contributed by atoms with van der Waals surface area (Å²) in [5, 5.41) is 13.0. The van der Waals surface area contributed by atoms with Gasteiger partial charge in [-0.05, 0) is 35.6 Å². The molecule has 0 radical (unpaired) electrons. The van der Waals surface area contributed by atoms with Crippen LogP contribution in [0.1, 0.15) is 52.1 Å². The van der Waals surface area contributed by atoms with Crippen molar-refractivity contribution in [1.82, 2.24) is 10.2 Å². The number of halogens is 2. The predicted octanol–water partition coefficient (Wildman–Crippen LogP) is 4.21. The SMILES string of the molecule is C[C@H](NC(=O)C1C[C@@H](O)CN1C(=O)CC(C)(C)C)c1ccc(-c2c(F)cccc2F)cc1. The molecule has 1 aliphatic heterocycles. The number of aliphatic hydroxyl groups excluding tert-OH is 1. The number of benzene rings is 2. The maximum atomic E-state index is 14.0. The van der Waals surface area contributed by atoms with Crippen LogP contribution in [0, 0.1) is 17.0 Å². The number of carbonyl (C=O) groups excluding carboxylic acids is 2. The standard InChI is InChI=1S/C25H30F2N2O3/c1-15(16-8-10-17(11-9-16)23-19(26)6-5-7-20(23)27)28-24(32)21-12-18(30)14-29(21)22(31)13-25(2,3)4/h5-11,15,18,21,30H,12-14H2,1-4H3,(H,28,32)/t15-,18+,21?/m0/s1. The van der Waals surface area contributed by atoms with Gasteiger partial charge in [-0.1, -0.05) is 51.1 Å². The lowest BCUT2D eigenvalue weighted by Crippen LogP contribution is -2.47. The summed E-state index contributed by atoms with van der Waals surface area (Å²) in [5.74, 6) is -1.77. The zero-order chi connectivity index (χ0) is 23.6. The Balaban J connectivity index is 1.70. The Hall–Kier alpha value is -2.80. The summed E-state index contributed by atoms with van der Waals surface area (Å²) in [6.45, 7) is 7.79. The molecule has 0 spiro atoms. The zero-order valence-corrected chi connectivity index (χ0v) is 18.9. The number of rotatable bonds is 5. The third-order valence-corrected chi connectivity index (χ3v) is 5.60. The van der Waals surface area contributed by atoms with Gasteiger partial charge in [0.25, 0.3) is 0 Å². The Morgan fingerprint density at radius 1 is 1.12 bits per heavy atom. The third-order valence-electron chi connectivity index (χ3n) is 5.60. The second-order valence-corrected chi connectivity index (χ2v) is 9.64. The van der Waals surface area contributed by atoms with Gasteiger partial charge in [0, 0.05) is 19.4 Å². The molecule has 172 valence electrons. The Morgan fingerprint density at radius 2 is 1.72 bits per heavy atom. The first-order valence-electron chi connectivity index (χ1n) is 10.8. The van der Waals surface area contributed by atoms with Crippen molar-refractivity contribution in [3.63, 3.8) is 0 Å². The van der Waals surface area contributed by atoms with E-state index in [1.54, 1.807) is 31.2 Å².